The van der Waals surface area contributed by atoms with Crippen LogP contribution in [0.4, 0.5) is 8.78 Å². The molecule has 0 aliphatic rings. The minimum absolute atomic E-state index is 0.154. The van der Waals surface area contributed by atoms with Crippen LogP contribution in [0, 0.1) is 59.0 Å². The third-order valence-electron chi connectivity index (χ3n) is 12.9. The summed E-state index contributed by atoms with van der Waals surface area (Å²) in [4.78, 5) is 0. The van der Waals surface area contributed by atoms with E-state index >= 15 is 0 Å². The van der Waals surface area contributed by atoms with Crippen molar-refractivity contribution in [2.75, 3.05) is 39.6 Å². The highest BCUT2D eigenvalue weighted by atomic mass is 19.1. The van der Waals surface area contributed by atoms with E-state index in [2.05, 4.69) is 61.2 Å². The van der Waals surface area contributed by atoms with Gasteiger partial charge in [0.05, 0.1) is 48.7 Å². The first-order chi connectivity index (χ1) is 38.2. The van der Waals surface area contributed by atoms with Crippen molar-refractivity contribution in [1.29, 1.82) is 0 Å². The molecule has 0 aliphatic carbocycles. The van der Waals surface area contributed by atoms with Crippen LogP contribution in [0.1, 0.15) is 187 Å². The molecule has 0 saturated carbocycles. The topological polar surface area (TPSA) is 118 Å². The molecule has 0 radical (unpaired) electrons. The second-order valence-electron chi connectivity index (χ2n) is 19.6. The Kier molecular flexibility index (Phi) is 29.6. The van der Waals surface area contributed by atoms with Crippen molar-refractivity contribution >= 4 is 0 Å². The normalized spacial score (nSPS) is 11.4. The molecule has 8 nitrogen and oxygen atoms in total. The third-order valence-corrected chi connectivity index (χ3v) is 12.9. The van der Waals surface area contributed by atoms with Crippen LogP contribution < -0.4 is 18.9 Å². The lowest BCUT2D eigenvalue weighted by Crippen LogP contribution is -2.21. The van der Waals surface area contributed by atoms with E-state index in [1.807, 2.05) is 60.7 Å². The molecule has 2 atom stereocenters. The summed E-state index contributed by atoms with van der Waals surface area (Å²) in [5.74, 6) is 25.8. The number of aliphatic hydroxyl groups is 4. The van der Waals surface area contributed by atoms with E-state index in [1.54, 1.807) is 12.1 Å². The van der Waals surface area contributed by atoms with Crippen molar-refractivity contribution in [3.63, 3.8) is 0 Å². The zero-order valence-electron chi connectivity index (χ0n) is 46.0. The van der Waals surface area contributed by atoms with Crippen LogP contribution in [0.25, 0.3) is 0 Å². The molecule has 2 unspecified atom stereocenters. The number of unbranched alkanes of at least 4 members (excludes halogenated alkanes) is 18. The molecule has 0 spiro atoms. The average Bonchev–Trinajstić information content (AvgIpc) is 3.46. The monoisotopic (exact) mass is 1060 g/mol. The Morgan fingerprint density at radius 3 is 0.949 bits per heavy atom. The fraction of sp³-hybridized carbons (Fsp3) is 0.441. The molecule has 0 aromatic heterocycles. The fourth-order valence-electron chi connectivity index (χ4n) is 8.23. The molecule has 0 aliphatic heterocycles. The molecule has 0 bridgehead atoms. The van der Waals surface area contributed by atoms with E-state index < -0.39 is 37.1 Å². The standard InChI is InChI=1S/C68H80F2O8/c1-3-5-7-9-11-13-15-17-19-21-43-75-67-45-60(38-34-56-29-25-54(26-30-56)32-36-58-40-42-64(48-66(58)70)78-52-62(74)50-72)68(76-44-22-20-18-16-14-12-10-8-6-4-2)46-59(67)37-33-55-27-23-53(24-28-55)31-35-57-39-41-63(47-65(57)69)77-51-61(73)49-71/h23-30,39-42,45-48,61-62,71-74H,3-22,43-44,49-52H2,1-2H3. The fourth-order valence-corrected chi connectivity index (χ4v) is 8.23. The first-order valence-electron chi connectivity index (χ1n) is 28.3. The summed E-state index contributed by atoms with van der Waals surface area (Å²) in [6.45, 7) is 4.35. The van der Waals surface area contributed by atoms with Crippen LogP contribution in [0.15, 0.2) is 97.1 Å². The molecule has 5 aromatic carbocycles. The SMILES string of the molecule is CCCCCCCCCCCCOc1cc(C#Cc2ccc(C#Cc3ccc(OCC(O)CO)cc3F)cc2)c(OCCCCCCCCCCCC)cc1C#Cc1ccc(C#Cc2ccc(OCC(O)CO)cc2F)cc1. The zero-order chi connectivity index (χ0) is 55.4. The number of rotatable bonds is 32. The molecule has 0 saturated heterocycles. The Balaban J connectivity index is 1.36. The maximum atomic E-state index is 14.9. The van der Waals surface area contributed by atoms with E-state index in [9.17, 15) is 19.0 Å². The smallest absolute Gasteiger partial charge is 0.142 e. The molecule has 4 N–H and O–H groups in total. The Labute approximate surface area is 463 Å². The highest BCUT2D eigenvalue weighted by molar-refractivity contribution is 5.61. The largest absolute Gasteiger partial charge is 0.492 e. The average molecular weight is 1060 g/mol. The van der Waals surface area contributed by atoms with Crippen LogP contribution in [-0.4, -0.2) is 72.3 Å². The van der Waals surface area contributed by atoms with Crippen LogP contribution in [-0.2, 0) is 0 Å². The minimum Gasteiger partial charge on any atom is -0.492 e. The van der Waals surface area contributed by atoms with Crippen molar-refractivity contribution in [3.8, 4) is 70.4 Å². The van der Waals surface area contributed by atoms with Gasteiger partial charge in [-0.15, -0.1) is 0 Å². The number of benzene rings is 5. The summed E-state index contributed by atoms with van der Waals surface area (Å²) in [5, 5.41) is 37.2. The number of hydrogen-bond acceptors (Lipinski definition) is 8. The quantitative estimate of drug-likeness (QED) is 0.0249. The lowest BCUT2D eigenvalue weighted by molar-refractivity contribution is 0.0535. The van der Waals surface area contributed by atoms with Crippen molar-refractivity contribution in [2.24, 2.45) is 0 Å². The van der Waals surface area contributed by atoms with Gasteiger partial charge < -0.3 is 39.4 Å². The summed E-state index contributed by atoms with van der Waals surface area (Å²) < 4.78 is 53.5. The Morgan fingerprint density at radius 2 is 0.654 bits per heavy atom. The van der Waals surface area contributed by atoms with Gasteiger partial charge in [0.2, 0.25) is 0 Å². The van der Waals surface area contributed by atoms with E-state index in [1.165, 1.54) is 127 Å². The second kappa shape index (κ2) is 37.1. The van der Waals surface area contributed by atoms with Gasteiger partial charge in [-0.25, -0.2) is 8.78 Å². The van der Waals surface area contributed by atoms with Crippen LogP contribution in [0.5, 0.6) is 23.0 Å². The van der Waals surface area contributed by atoms with Gasteiger partial charge in [-0.2, -0.15) is 0 Å². The number of hydrogen-bond donors (Lipinski definition) is 4. The lowest BCUT2D eigenvalue weighted by Gasteiger charge is -2.14. The molecule has 0 fully saturated rings. The van der Waals surface area contributed by atoms with Crippen molar-refractivity contribution < 1.29 is 48.2 Å². The number of ether oxygens (including phenoxy) is 4. The predicted molar refractivity (Wildman–Crippen MR) is 308 cm³/mol. The summed E-state index contributed by atoms with van der Waals surface area (Å²) in [5.41, 5.74) is 4.65. The van der Waals surface area contributed by atoms with Crippen molar-refractivity contribution in [1.82, 2.24) is 0 Å². The maximum absolute atomic E-state index is 14.9. The Hall–Kier alpha value is -6.76. The van der Waals surface area contributed by atoms with Crippen LogP contribution in [0.3, 0.4) is 0 Å². The first kappa shape index (κ1) is 62.1. The Bertz CT molecular complexity index is 2600. The highest BCUT2D eigenvalue weighted by Crippen LogP contribution is 2.30. The molecule has 414 valence electrons. The molecule has 78 heavy (non-hydrogen) atoms. The zero-order valence-corrected chi connectivity index (χ0v) is 46.0. The van der Waals surface area contributed by atoms with E-state index in [0.29, 0.717) is 47.0 Å². The van der Waals surface area contributed by atoms with E-state index in [4.69, 9.17) is 29.2 Å². The van der Waals surface area contributed by atoms with Crippen LogP contribution >= 0.6 is 0 Å². The maximum Gasteiger partial charge on any atom is 0.142 e. The van der Waals surface area contributed by atoms with Gasteiger partial charge >= 0.3 is 0 Å². The molecular weight excluding hydrogens is 983 g/mol. The van der Waals surface area contributed by atoms with Crippen molar-refractivity contribution in [2.45, 2.75) is 154 Å². The molecule has 0 heterocycles. The van der Waals surface area contributed by atoms with Gasteiger partial charge in [-0.05, 0) is 85.6 Å². The molecule has 5 rings (SSSR count). The number of halogens is 2. The van der Waals surface area contributed by atoms with Gasteiger partial charge in [-0.3, -0.25) is 0 Å². The van der Waals surface area contributed by atoms with Gasteiger partial charge in [-0.1, -0.05) is 177 Å². The summed E-state index contributed by atoms with van der Waals surface area (Å²) in [6.07, 6.45) is 22.2. The van der Waals surface area contributed by atoms with Crippen molar-refractivity contribution in [3.05, 3.63) is 153 Å². The predicted octanol–water partition coefficient (Wildman–Crippen LogP) is 13.6. The lowest BCUT2D eigenvalue weighted by atomic mass is 10.1. The van der Waals surface area contributed by atoms with E-state index in [0.717, 1.165) is 36.8 Å². The second-order valence-corrected chi connectivity index (χ2v) is 19.6. The van der Waals surface area contributed by atoms with Gasteiger partial charge in [0.25, 0.3) is 0 Å². The molecule has 0 amide bonds. The van der Waals surface area contributed by atoms with Crippen LogP contribution in [0.2, 0.25) is 0 Å². The Morgan fingerprint density at radius 1 is 0.359 bits per heavy atom. The number of aliphatic hydroxyl groups excluding tert-OH is 4. The molecule has 10 heteroatoms. The highest BCUT2D eigenvalue weighted by Gasteiger charge is 2.13. The summed E-state index contributed by atoms with van der Waals surface area (Å²) >= 11 is 0. The summed E-state index contributed by atoms with van der Waals surface area (Å²) in [6, 6.07) is 27.3. The third kappa shape index (κ3) is 24.3. The summed E-state index contributed by atoms with van der Waals surface area (Å²) in [7, 11) is 0. The van der Waals surface area contributed by atoms with E-state index in [-0.39, 0.29) is 35.8 Å². The van der Waals surface area contributed by atoms with Gasteiger partial charge in [0, 0.05) is 46.5 Å². The molecular formula is C68H80F2O8. The molecule has 5 aromatic rings. The van der Waals surface area contributed by atoms with Gasteiger partial charge in [0.1, 0.15) is 60.1 Å². The first-order valence-corrected chi connectivity index (χ1v) is 28.3. The minimum atomic E-state index is -1.06. The van der Waals surface area contributed by atoms with Gasteiger partial charge in [0.15, 0.2) is 0 Å².